The van der Waals surface area contributed by atoms with Gasteiger partial charge in [0.2, 0.25) is 5.79 Å². The molecule has 7 heteroatoms. The van der Waals surface area contributed by atoms with Gasteiger partial charge in [0, 0.05) is 4.70 Å². The maximum atomic E-state index is 10.9. The van der Waals surface area contributed by atoms with E-state index in [9.17, 15) is 20.4 Å². The summed E-state index contributed by atoms with van der Waals surface area (Å²) >= 11 is 1.49. The van der Waals surface area contributed by atoms with E-state index in [1.165, 1.54) is 28.0 Å². The largest absolute Gasteiger partial charge is 0.394 e. The van der Waals surface area contributed by atoms with Crippen LogP contribution in [0.5, 0.6) is 0 Å². The highest BCUT2D eigenvalue weighted by Crippen LogP contribution is 2.49. The molecule has 0 bridgehead atoms. The van der Waals surface area contributed by atoms with Crippen LogP contribution in [0.3, 0.4) is 0 Å². The van der Waals surface area contributed by atoms with Crippen molar-refractivity contribution in [1.29, 1.82) is 0 Å². The normalized spacial score (nSPS) is 29.7. The third-order valence-corrected chi connectivity index (χ3v) is 8.30. The lowest BCUT2D eigenvalue weighted by atomic mass is 9.88. The summed E-state index contributed by atoms with van der Waals surface area (Å²) in [6.07, 6.45) is -4.00. The average molecular weight is 471 g/mol. The third-order valence-electron chi connectivity index (χ3n) is 6.88. The summed E-state index contributed by atoms with van der Waals surface area (Å²) in [6.45, 7) is 4.18. The molecule has 3 heterocycles. The second kappa shape index (κ2) is 8.74. The summed E-state index contributed by atoms with van der Waals surface area (Å²) in [4.78, 5) is 0.697. The molecule has 0 amide bonds. The molecule has 1 unspecified atom stereocenters. The Bertz CT molecular complexity index is 1140. The van der Waals surface area contributed by atoms with Crippen molar-refractivity contribution in [1.82, 2.24) is 0 Å². The molecule has 3 aromatic rings. The Morgan fingerprint density at radius 3 is 2.52 bits per heavy atom. The Hall–Kier alpha value is -1.84. The Morgan fingerprint density at radius 1 is 1.06 bits per heavy atom. The maximum Gasteiger partial charge on any atom is 0.234 e. The maximum absolute atomic E-state index is 10.9. The van der Waals surface area contributed by atoms with Crippen molar-refractivity contribution in [2.75, 3.05) is 13.2 Å². The van der Waals surface area contributed by atoms with Crippen LogP contribution in [0.1, 0.15) is 46.9 Å². The van der Waals surface area contributed by atoms with E-state index in [-0.39, 0.29) is 0 Å². The number of fused-ring (bicyclic) bond motifs is 4. The molecular weight excluding hydrogens is 440 g/mol. The highest BCUT2D eigenvalue weighted by molar-refractivity contribution is 7.19. The molecule has 0 saturated carbocycles. The van der Waals surface area contributed by atoms with Crippen LogP contribution >= 0.6 is 11.3 Å². The number of hydrogen-bond donors (Lipinski definition) is 4. The van der Waals surface area contributed by atoms with E-state index >= 15 is 0 Å². The number of aliphatic hydroxyl groups excluding tert-OH is 4. The van der Waals surface area contributed by atoms with E-state index in [1.54, 1.807) is 0 Å². The second-order valence-electron chi connectivity index (χ2n) is 9.31. The fraction of sp³-hybridized carbons (Fsp3) is 0.462. The average Bonchev–Trinajstić information content (AvgIpc) is 3.22. The highest BCUT2D eigenvalue weighted by Gasteiger charge is 2.58. The van der Waals surface area contributed by atoms with Crippen LogP contribution in [0.15, 0.2) is 42.5 Å². The van der Waals surface area contributed by atoms with E-state index < -0.39 is 36.8 Å². The lowest BCUT2D eigenvalue weighted by molar-refractivity contribution is -0.374. The molecule has 0 aliphatic carbocycles. The molecule has 176 valence electrons. The Kier molecular flexibility index (Phi) is 6.07. The van der Waals surface area contributed by atoms with Crippen LogP contribution in [0, 0.1) is 0 Å². The van der Waals surface area contributed by atoms with Crippen molar-refractivity contribution in [3.8, 4) is 0 Å². The molecule has 1 fully saturated rings. The van der Waals surface area contributed by atoms with Crippen molar-refractivity contribution in [2.45, 2.75) is 62.8 Å². The van der Waals surface area contributed by atoms with Gasteiger partial charge in [-0.05, 0) is 46.4 Å². The topological polar surface area (TPSA) is 99.4 Å². The fourth-order valence-corrected chi connectivity index (χ4v) is 6.44. The van der Waals surface area contributed by atoms with Gasteiger partial charge in [0.1, 0.15) is 24.4 Å². The number of ether oxygens (including phenoxy) is 2. The van der Waals surface area contributed by atoms with Crippen LogP contribution in [0.2, 0.25) is 0 Å². The van der Waals surface area contributed by atoms with E-state index in [4.69, 9.17) is 9.47 Å². The lowest BCUT2D eigenvalue weighted by Crippen LogP contribution is -2.65. The van der Waals surface area contributed by atoms with Crippen molar-refractivity contribution in [3.63, 3.8) is 0 Å². The van der Waals surface area contributed by atoms with Crippen LogP contribution in [0.25, 0.3) is 10.1 Å². The predicted molar refractivity (Wildman–Crippen MR) is 126 cm³/mol. The first-order valence-corrected chi connectivity index (χ1v) is 12.3. The Morgan fingerprint density at radius 2 is 1.82 bits per heavy atom. The van der Waals surface area contributed by atoms with E-state index in [0.717, 1.165) is 22.1 Å². The van der Waals surface area contributed by atoms with E-state index in [1.807, 2.05) is 6.07 Å². The Balaban J connectivity index is 1.57. The number of thiophene rings is 1. The molecule has 4 N–H and O–H groups in total. The monoisotopic (exact) mass is 470 g/mol. The molecule has 0 radical (unpaired) electrons. The number of aliphatic hydroxyl groups is 4. The highest BCUT2D eigenvalue weighted by atomic mass is 32.1. The van der Waals surface area contributed by atoms with Crippen LogP contribution < -0.4 is 0 Å². The number of benzene rings is 2. The van der Waals surface area contributed by atoms with Crippen molar-refractivity contribution in [3.05, 3.63) is 69.6 Å². The van der Waals surface area contributed by atoms with Gasteiger partial charge in [-0.3, -0.25) is 0 Å². The summed E-state index contributed by atoms with van der Waals surface area (Å²) in [5.41, 5.74) is 4.73. The van der Waals surface area contributed by atoms with Gasteiger partial charge < -0.3 is 29.9 Å². The van der Waals surface area contributed by atoms with E-state index in [2.05, 4.69) is 50.2 Å². The van der Waals surface area contributed by atoms with Gasteiger partial charge in [-0.15, -0.1) is 11.3 Å². The summed E-state index contributed by atoms with van der Waals surface area (Å²) in [7, 11) is 0. The van der Waals surface area contributed by atoms with Crippen molar-refractivity contribution in [2.24, 2.45) is 0 Å². The fourth-order valence-electron chi connectivity index (χ4n) is 4.96. The van der Waals surface area contributed by atoms with Crippen molar-refractivity contribution < 1.29 is 29.9 Å². The van der Waals surface area contributed by atoms with Gasteiger partial charge >= 0.3 is 0 Å². The number of hydrogen-bond acceptors (Lipinski definition) is 7. The summed E-state index contributed by atoms with van der Waals surface area (Å²) in [5.74, 6) is -1.12. The van der Waals surface area contributed by atoms with Gasteiger partial charge in [0.25, 0.3) is 0 Å². The molecule has 2 aliphatic heterocycles. The minimum Gasteiger partial charge on any atom is -0.394 e. The van der Waals surface area contributed by atoms with Gasteiger partial charge in [-0.2, -0.15) is 0 Å². The van der Waals surface area contributed by atoms with Gasteiger partial charge in [0.15, 0.2) is 0 Å². The zero-order valence-electron chi connectivity index (χ0n) is 18.8. The molecule has 6 nitrogen and oxygen atoms in total. The smallest absolute Gasteiger partial charge is 0.234 e. The quantitative estimate of drug-likeness (QED) is 0.468. The lowest BCUT2D eigenvalue weighted by Gasteiger charge is -2.49. The molecule has 5 rings (SSSR count). The number of rotatable bonds is 4. The molecule has 5 atom stereocenters. The minimum atomic E-state index is -1.61. The second-order valence-corrected chi connectivity index (χ2v) is 10.3. The third kappa shape index (κ3) is 3.72. The predicted octanol–water partition coefficient (Wildman–Crippen LogP) is 2.81. The Labute approximate surface area is 197 Å². The molecule has 1 aromatic heterocycles. The molecular formula is C26H30O6S. The molecule has 1 spiro atoms. The van der Waals surface area contributed by atoms with Gasteiger partial charge in [0.05, 0.1) is 18.1 Å². The molecule has 1 saturated heterocycles. The zero-order chi connectivity index (χ0) is 23.3. The first kappa shape index (κ1) is 22.9. The molecule has 2 aromatic carbocycles. The van der Waals surface area contributed by atoms with Crippen molar-refractivity contribution >= 4 is 21.4 Å². The van der Waals surface area contributed by atoms with Gasteiger partial charge in [-0.25, -0.2) is 0 Å². The molecule has 33 heavy (non-hydrogen) atoms. The first-order valence-electron chi connectivity index (χ1n) is 11.4. The zero-order valence-corrected chi connectivity index (χ0v) is 19.6. The first-order chi connectivity index (χ1) is 15.9. The minimum absolute atomic E-state index is 0.303. The summed E-state index contributed by atoms with van der Waals surface area (Å²) in [5, 5.41) is 42.5. The summed E-state index contributed by atoms with van der Waals surface area (Å²) in [6, 6.07) is 14.9. The SMILES string of the molecule is CC(C)c1ccc(Cc2cccc3c4c(sc23)[C@]2(OCC4)O[C@H](CO)[C@@H](O)C(O)[C@H]2O)cc1. The van der Waals surface area contributed by atoms with Crippen LogP contribution in [0.4, 0.5) is 0 Å². The van der Waals surface area contributed by atoms with Crippen LogP contribution in [-0.4, -0.2) is 58.1 Å². The van der Waals surface area contributed by atoms with Gasteiger partial charge in [-0.1, -0.05) is 56.3 Å². The van der Waals surface area contributed by atoms with Crippen LogP contribution in [-0.2, 0) is 28.1 Å². The molecule has 2 aliphatic rings. The van der Waals surface area contributed by atoms with E-state index in [0.29, 0.717) is 23.8 Å². The summed E-state index contributed by atoms with van der Waals surface area (Å²) < 4.78 is 13.1. The standard InChI is InChI=1S/C26H30O6S/c1-14(2)16-8-6-15(7-9-16)12-17-4-3-5-18-19-10-11-31-26(25(19)33-23(17)18)24(30)22(29)21(28)20(13-27)32-26/h3-9,14,20-22,24,27-30H,10-13H2,1-2H3/t20-,21-,22?,24-,26-/m1/s1.